The molecule has 0 aromatic heterocycles. The van der Waals surface area contributed by atoms with Crippen molar-refractivity contribution in [3.05, 3.63) is 34.9 Å². The van der Waals surface area contributed by atoms with E-state index in [0.29, 0.717) is 17.5 Å². The zero-order chi connectivity index (χ0) is 14.4. The highest BCUT2D eigenvalue weighted by Gasteiger charge is 2.43. The lowest BCUT2D eigenvalue weighted by molar-refractivity contribution is 0.0696. The summed E-state index contributed by atoms with van der Waals surface area (Å²) in [5, 5.41) is 18.3. The van der Waals surface area contributed by atoms with Gasteiger partial charge in [0.1, 0.15) is 6.04 Å². The van der Waals surface area contributed by atoms with Gasteiger partial charge in [-0.25, -0.2) is 4.79 Å². The van der Waals surface area contributed by atoms with Gasteiger partial charge in [0, 0.05) is 5.92 Å². The van der Waals surface area contributed by atoms with Crippen molar-refractivity contribution in [2.24, 2.45) is 22.1 Å². The molecule has 0 radical (unpaired) electrons. The molecular weight excluding hydrogens is 264 g/mol. The second-order valence-corrected chi connectivity index (χ2v) is 6.63. The summed E-state index contributed by atoms with van der Waals surface area (Å²) in [5.74, 6) is 0.414. The number of rotatable bonds is 2. The normalized spacial score (nSPS) is 31.1. The maximum atomic E-state index is 11.1. The van der Waals surface area contributed by atoms with Crippen LogP contribution in [0.3, 0.4) is 0 Å². The van der Waals surface area contributed by atoms with Gasteiger partial charge in [-0.2, -0.15) is 10.2 Å². The summed E-state index contributed by atoms with van der Waals surface area (Å²) in [7, 11) is 0. The Kier molecular flexibility index (Phi) is 3.05. The minimum Gasteiger partial charge on any atom is -0.478 e. The van der Waals surface area contributed by atoms with Crippen LogP contribution in [0.15, 0.2) is 28.4 Å². The van der Waals surface area contributed by atoms with Crippen molar-refractivity contribution < 1.29 is 9.90 Å². The van der Waals surface area contributed by atoms with Crippen molar-refractivity contribution in [1.82, 2.24) is 0 Å². The van der Waals surface area contributed by atoms with Crippen molar-refractivity contribution in [2.45, 2.75) is 50.6 Å². The van der Waals surface area contributed by atoms with Crippen LogP contribution in [0.1, 0.15) is 59.6 Å². The number of fused-ring (bicyclic) bond motifs is 3. The van der Waals surface area contributed by atoms with Crippen LogP contribution in [0, 0.1) is 11.8 Å². The Bertz CT molecular complexity index is 605. The van der Waals surface area contributed by atoms with Crippen molar-refractivity contribution in [3.63, 3.8) is 0 Å². The van der Waals surface area contributed by atoms with Crippen LogP contribution in [0.2, 0.25) is 0 Å². The van der Waals surface area contributed by atoms with Gasteiger partial charge in [0.15, 0.2) is 0 Å². The van der Waals surface area contributed by atoms with Gasteiger partial charge in [0.25, 0.3) is 0 Å². The monoisotopic (exact) mass is 284 g/mol. The first kappa shape index (κ1) is 13.0. The number of carbonyl (C=O) groups is 1. The number of hydrogen-bond acceptors (Lipinski definition) is 3. The highest BCUT2D eigenvalue weighted by Crippen LogP contribution is 2.48. The van der Waals surface area contributed by atoms with Gasteiger partial charge in [-0.05, 0) is 54.9 Å². The van der Waals surface area contributed by atoms with Gasteiger partial charge < -0.3 is 5.11 Å². The molecule has 1 saturated carbocycles. The van der Waals surface area contributed by atoms with Crippen LogP contribution >= 0.6 is 0 Å². The third kappa shape index (κ3) is 2.08. The number of benzene rings is 1. The van der Waals surface area contributed by atoms with Gasteiger partial charge >= 0.3 is 5.97 Å². The molecule has 1 aromatic rings. The number of aromatic carboxylic acids is 1. The van der Waals surface area contributed by atoms with Crippen molar-refractivity contribution in [1.29, 1.82) is 0 Å². The summed E-state index contributed by atoms with van der Waals surface area (Å²) < 4.78 is 0. The number of carboxylic acid groups (broad SMARTS) is 1. The molecule has 3 aliphatic rings. The molecule has 3 atom stereocenters. The number of nitrogens with zero attached hydrogens (tertiary/aromatic N) is 2. The Hall–Kier alpha value is -1.71. The van der Waals surface area contributed by atoms with Crippen molar-refractivity contribution >= 4 is 5.97 Å². The maximum absolute atomic E-state index is 11.1. The van der Waals surface area contributed by atoms with E-state index in [2.05, 4.69) is 10.2 Å². The zero-order valence-corrected chi connectivity index (χ0v) is 12.0. The molecule has 3 unspecified atom stereocenters. The zero-order valence-electron chi connectivity index (χ0n) is 12.0. The standard InChI is InChI=1S/C17H20N2O2/c20-17(21)12-6-7-13-11(9-12)5-8-14-15(18-19-16(13)14)10-3-1-2-4-10/h6-7,9-10,14-16H,1-5,8H2,(H,20,21). The third-order valence-corrected chi connectivity index (χ3v) is 5.51. The van der Waals surface area contributed by atoms with Crippen molar-refractivity contribution in [2.75, 3.05) is 0 Å². The van der Waals surface area contributed by atoms with Gasteiger partial charge in [0.05, 0.1) is 11.6 Å². The SMILES string of the molecule is O=C(O)c1ccc2c(c1)CCC1C2N=NC1C1CCCC1. The fourth-order valence-electron chi connectivity index (χ4n) is 4.44. The number of azo groups is 1. The van der Waals surface area contributed by atoms with Gasteiger partial charge in [-0.15, -0.1) is 0 Å². The first-order chi connectivity index (χ1) is 10.2. The Morgan fingerprint density at radius 2 is 1.95 bits per heavy atom. The molecule has 0 saturated heterocycles. The molecule has 4 rings (SSSR count). The van der Waals surface area contributed by atoms with E-state index in [4.69, 9.17) is 5.11 Å². The molecule has 4 nitrogen and oxygen atoms in total. The minimum atomic E-state index is -0.850. The summed E-state index contributed by atoms with van der Waals surface area (Å²) in [6, 6.07) is 6.08. The van der Waals surface area contributed by atoms with E-state index in [0.717, 1.165) is 24.3 Å². The molecule has 0 spiro atoms. The van der Waals surface area contributed by atoms with Crippen LogP contribution in [0.4, 0.5) is 0 Å². The number of aryl methyl sites for hydroxylation is 1. The molecule has 1 aliphatic heterocycles. The van der Waals surface area contributed by atoms with E-state index < -0.39 is 5.97 Å². The van der Waals surface area contributed by atoms with Gasteiger partial charge in [-0.1, -0.05) is 18.9 Å². The second kappa shape index (κ2) is 4.93. The van der Waals surface area contributed by atoms with E-state index >= 15 is 0 Å². The number of hydrogen-bond donors (Lipinski definition) is 1. The van der Waals surface area contributed by atoms with Crippen LogP contribution in [-0.4, -0.2) is 17.1 Å². The fourth-order valence-corrected chi connectivity index (χ4v) is 4.44. The van der Waals surface area contributed by atoms with Gasteiger partial charge in [-0.3, -0.25) is 0 Å². The van der Waals surface area contributed by atoms with E-state index in [9.17, 15) is 4.79 Å². The predicted molar refractivity (Wildman–Crippen MR) is 78.6 cm³/mol. The molecule has 110 valence electrons. The van der Waals surface area contributed by atoms with E-state index in [1.54, 1.807) is 6.07 Å². The Labute approximate surface area is 124 Å². The fraction of sp³-hybridized carbons (Fsp3) is 0.588. The lowest BCUT2D eigenvalue weighted by Crippen LogP contribution is -2.29. The summed E-state index contributed by atoms with van der Waals surface area (Å²) in [5.41, 5.74) is 2.75. The van der Waals surface area contributed by atoms with Crippen molar-refractivity contribution in [3.8, 4) is 0 Å². The Morgan fingerprint density at radius 1 is 1.14 bits per heavy atom. The third-order valence-electron chi connectivity index (χ3n) is 5.51. The van der Waals surface area contributed by atoms with Crippen LogP contribution < -0.4 is 0 Å². The highest BCUT2D eigenvalue weighted by molar-refractivity contribution is 5.88. The lowest BCUT2D eigenvalue weighted by Gasteiger charge is -2.31. The highest BCUT2D eigenvalue weighted by atomic mass is 16.4. The van der Waals surface area contributed by atoms with Gasteiger partial charge in [0.2, 0.25) is 0 Å². The Morgan fingerprint density at radius 3 is 2.71 bits per heavy atom. The minimum absolute atomic E-state index is 0.169. The molecule has 1 fully saturated rings. The quantitative estimate of drug-likeness (QED) is 0.891. The van der Waals surface area contributed by atoms with Crippen LogP contribution in [0.25, 0.3) is 0 Å². The molecule has 1 N–H and O–H groups in total. The molecule has 0 bridgehead atoms. The largest absolute Gasteiger partial charge is 0.478 e. The van der Waals surface area contributed by atoms with E-state index in [1.807, 2.05) is 12.1 Å². The topological polar surface area (TPSA) is 62.0 Å². The first-order valence-electron chi connectivity index (χ1n) is 8.00. The second-order valence-electron chi connectivity index (χ2n) is 6.63. The van der Waals surface area contributed by atoms with Crippen LogP contribution in [0.5, 0.6) is 0 Å². The molecule has 2 aliphatic carbocycles. The number of carboxylic acids is 1. The molecule has 21 heavy (non-hydrogen) atoms. The summed E-state index contributed by atoms with van der Waals surface area (Å²) in [6.45, 7) is 0. The maximum Gasteiger partial charge on any atom is 0.335 e. The smallest absolute Gasteiger partial charge is 0.335 e. The van der Waals surface area contributed by atoms with E-state index in [1.165, 1.54) is 31.2 Å². The Balaban J connectivity index is 1.63. The molecule has 1 aromatic carbocycles. The average Bonchev–Trinajstić information content (AvgIpc) is 3.15. The first-order valence-corrected chi connectivity index (χ1v) is 8.00. The molecule has 0 amide bonds. The predicted octanol–water partition coefficient (Wildman–Crippen LogP) is 4.01. The summed E-state index contributed by atoms with van der Waals surface area (Å²) >= 11 is 0. The molecule has 4 heteroatoms. The molecule has 1 heterocycles. The van der Waals surface area contributed by atoms with E-state index in [-0.39, 0.29) is 6.04 Å². The molecular formula is C17H20N2O2. The summed E-state index contributed by atoms with van der Waals surface area (Å²) in [6.07, 6.45) is 7.34. The lowest BCUT2D eigenvalue weighted by atomic mass is 9.74. The van der Waals surface area contributed by atoms with Crippen LogP contribution in [-0.2, 0) is 6.42 Å². The average molecular weight is 284 g/mol. The summed E-state index contributed by atoms with van der Waals surface area (Å²) in [4.78, 5) is 11.1.